The number of hydrogen-bond acceptors (Lipinski definition) is 7. The molecule has 0 bridgehead atoms. The van der Waals surface area contributed by atoms with E-state index in [0.29, 0.717) is 25.0 Å². The molecule has 33 heavy (non-hydrogen) atoms. The van der Waals surface area contributed by atoms with Gasteiger partial charge >= 0.3 is 7.12 Å². The summed E-state index contributed by atoms with van der Waals surface area (Å²) in [5.74, 6) is -0.124. The molecule has 1 aromatic rings. The minimum atomic E-state index is -3.72. The number of aryl methyl sites for hydroxylation is 1. The highest BCUT2D eigenvalue weighted by Crippen LogP contribution is 2.29. The average molecular weight is 481 g/mol. The lowest BCUT2D eigenvalue weighted by atomic mass is 9.78. The van der Waals surface area contributed by atoms with E-state index in [1.165, 1.54) is 6.92 Å². The molecule has 0 radical (unpaired) electrons. The summed E-state index contributed by atoms with van der Waals surface area (Å²) in [6.07, 6.45) is 3.28. The van der Waals surface area contributed by atoms with Crippen LogP contribution in [0.2, 0.25) is 0 Å². The van der Waals surface area contributed by atoms with Gasteiger partial charge in [0.15, 0.2) is 9.84 Å². The molecule has 1 aromatic carbocycles. The Morgan fingerprint density at radius 3 is 2.45 bits per heavy atom. The van der Waals surface area contributed by atoms with Crippen LogP contribution in [0.4, 0.5) is 0 Å². The van der Waals surface area contributed by atoms with E-state index in [2.05, 4.69) is 12.1 Å². The SMILES string of the molecule is C=C1OB(c2ccc(CC[C@](C)(C(=O)NO[C@H](C)CCCCO)S(C)(=O)=O)cc2)OC1(C)C. The first kappa shape index (κ1) is 27.4. The number of amides is 1. The summed E-state index contributed by atoms with van der Waals surface area (Å²) < 4.78 is 34.9. The highest BCUT2D eigenvalue weighted by atomic mass is 32.2. The monoisotopic (exact) mass is 481 g/mol. The van der Waals surface area contributed by atoms with E-state index >= 15 is 0 Å². The van der Waals surface area contributed by atoms with Crippen molar-refractivity contribution in [1.82, 2.24) is 5.48 Å². The number of sulfone groups is 1. The van der Waals surface area contributed by atoms with Crippen molar-refractivity contribution in [2.45, 2.75) is 76.3 Å². The number of aliphatic hydroxyl groups is 1. The molecule has 0 unspecified atom stereocenters. The summed E-state index contributed by atoms with van der Waals surface area (Å²) in [5.41, 5.74) is 3.48. The zero-order valence-electron chi connectivity index (χ0n) is 20.2. The number of carbonyl (C=O) groups is 1. The summed E-state index contributed by atoms with van der Waals surface area (Å²) in [7, 11) is -4.25. The maximum Gasteiger partial charge on any atom is 0.563 e. The predicted octanol–water partition coefficient (Wildman–Crippen LogP) is 2.06. The van der Waals surface area contributed by atoms with Crippen molar-refractivity contribution in [3.05, 3.63) is 42.2 Å². The van der Waals surface area contributed by atoms with Crippen LogP contribution < -0.4 is 10.9 Å². The van der Waals surface area contributed by atoms with Gasteiger partial charge in [-0.05, 0) is 70.8 Å². The molecule has 8 nitrogen and oxygen atoms in total. The van der Waals surface area contributed by atoms with Gasteiger partial charge in [-0.1, -0.05) is 30.8 Å². The molecule has 1 aliphatic rings. The summed E-state index contributed by atoms with van der Waals surface area (Å²) in [4.78, 5) is 18.2. The fraction of sp³-hybridized carbons (Fsp3) is 0.609. The molecule has 0 aromatic heterocycles. The number of rotatable bonds is 12. The van der Waals surface area contributed by atoms with Crippen LogP contribution in [0.1, 0.15) is 58.9 Å². The van der Waals surface area contributed by atoms with Crippen LogP contribution in [-0.2, 0) is 35.2 Å². The number of hydrogen-bond donors (Lipinski definition) is 2. The van der Waals surface area contributed by atoms with Crippen molar-refractivity contribution in [2.24, 2.45) is 0 Å². The number of nitrogens with one attached hydrogen (secondary N) is 1. The molecule has 2 rings (SSSR count). The summed E-state index contributed by atoms with van der Waals surface area (Å²) in [6, 6.07) is 7.47. The van der Waals surface area contributed by atoms with E-state index in [4.69, 9.17) is 19.3 Å². The Kier molecular flexibility index (Phi) is 9.15. The molecule has 184 valence electrons. The van der Waals surface area contributed by atoms with E-state index in [0.717, 1.165) is 23.7 Å². The largest absolute Gasteiger partial charge is 0.563 e. The lowest BCUT2D eigenvalue weighted by Crippen LogP contribution is -2.50. The molecule has 0 spiro atoms. The van der Waals surface area contributed by atoms with Gasteiger partial charge in [-0.15, -0.1) is 0 Å². The first-order valence-electron chi connectivity index (χ1n) is 11.2. The van der Waals surface area contributed by atoms with Crippen molar-refractivity contribution in [3.8, 4) is 0 Å². The molecule has 1 fully saturated rings. The van der Waals surface area contributed by atoms with E-state index in [9.17, 15) is 13.2 Å². The van der Waals surface area contributed by atoms with Gasteiger partial charge in [0.25, 0.3) is 5.91 Å². The van der Waals surface area contributed by atoms with Gasteiger partial charge in [-0.2, -0.15) is 0 Å². The summed E-state index contributed by atoms with van der Waals surface area (Å²) in [5, 5.41) is 8.85. The van der Waals surface area contributed by atoms with Gasteiger partial charge < -0.3 is 14.4 Å². The van der Waals surface area contributed by atoms with Crippen LogP contribution >= 0.6 is 0 Å². The van der Waals surface area contributed by atoms with Crippen LogP contribution in [-0.4, -0.2) is 55.9 Å². The molecular weight excluding hydrogens is 445 g/mol. The Labute approximate surface area is 197 Å². The zero-order valence-corrected chi connectivity index (χ0v) is 21.0. The molecule has 0 aliphatic carbocycles. The Morgan fingerprint density at radius 1 is 1.30 bits per heavy atom. The maximum absolute atomic E-state index is 12.8. The van der Waals surface area contributed by atoms with Crippen LogP contribution in [0.3, 0.4) is 0 Å². The number of hydroxylamine groups is 1. The first-order chi connectivity index (χ1) is 15.3. The van der Waals surface area contributed by atoms with Crippen molar-refractivity contribution >= 4 is 28.3 Å². The van der Waals surface area contributed by atoms with Gasteiger partial charge in [0.1, 0.15) is 10.3 Å². The van der Waals surface area contributed by atoms with Gasteiger partial charge in [0.05, 0.1) is 11.9 Å². The van der Waals surface area contributed by atoms with Crippen LogP contribution in [0.15, 0.2) is 36.6 Å². The molecule has 0 saturated carbocycles. The second-order valence-corrected chi connectivity index (χ2v) is 11.8. The van der Waals surface area contributed by atoms with Crippen molar-refractivity contribution in [1.29, 1.82) is 0 Å². The average Bonchev–Trinajstić information content (AvgIpc) is 3.02. The van der Waals surface area contributed by atoms with Gasteiger partial charge in [-0.25, -0.2) is 13.9 Å². The maximum atomic E-state index is 12.8. The topological polar surface area (TPSA) is 111 Å². The molecule has 1 saturated heterocycles. The third-order valence-corrected chi connectivity index (χ3v) is 8.16. The Bertz CT molecular complexity index is 933. The fourth-order valence-corrected chi connectivity index (χ4v) is 4.17. The number of aliphatic hydroxyl groups excluding tert-OH is 1. The molecule has 2 N–H and O–H groups in total. The fourth-order valence-electron chi connectivity index (χ4n) is 3.32. The van der Waals surface area contributed by atoms with E-state index in [-0.39, 0.29) is 19.1 Å². The molecule has 1 aliphatic heterocycles. The lowest BCUT2D eigenvalue weighted by Gasteiger charge is -2.27. The van der Waals surface area contributed by atoms with Gasteiger partial charge in [0.2, 0.25) is 0 Å². The van der Waals surface area contributed by atoms with Crippen LogP contribution in [0.25, 0.3) is 0 Å². The van der Waals surface area contributed by atoms with Gasteiger partial charge in [0, 0.05) is 12.9 Å². The van der Waals surface area contributed by atoms with Crippen LogP contribution in [0.5, 0.6) is 0 Å². The smallest absolute Gasteiger partial charge is 0.534 e. The third kappa shape index (κ3) is 7.05. The number of unbranched alkanes of at least 4 members (excludes halogenated alkanes) is 1. The van der Waals surface area contributed by atoms with Crippen molar-refractivity contribution in [3.63, 3.8) is 0 Å². The van der Waals surface area contributed by atoms with E-state index in [1.807, 2.05) is 38.1 Å². The number of benzene rings is 1. The third-order valence-electron chi connectivity index (χ3n) is 6.14. The second-order valence-electron chi connectivity index (χ2n) is 9.32. The quantitative estimate of drug-likeness (QED) is 0.267. The van der Waals surface area contributed by atoms with Crippen molar-refractivity contribution in [2.75, 3.05) is 12.9 Å². The standard InChI is InChI=1S/C23H36BNO7S/c1-17(9-7-8-16-26)31-25-21(27)23(5,33(6,28)29)15-14-19-10-12-20(13-11-19)24-30-18(2)22(3,4)32-24/h10-13,17,26H,2,7-9,14-16H2,1,3-6H3,(H,25,27)/t17-,23-/m1/s1. The molecular formula is C23H36BNO7S. The normalized spacial score (nSPS) is 18.5. The first-order valence-corrected chi connectivity index (χ1v) is 13.1. The highest BCUT2D eigenvalue weighted by molar-refractivity contribution is 7.92. The Hall–Kier alpha value is -1.88. The van der Waals surface area contributed by atoms with E-state index in [1.54, 1.807) is 6.92 Å². The second kappa shape index (κ2) is 11.0. The summed E-state index contributed by atoms with van der Waals surface area (Å²) in [6.45, 7) is 11.0. The molecule has 10 heteroatoms. The minimum Gasteiger partial charge on any atom is -0.534 e. The van der Waals surface area contributed by atoms with E-state index < -0.39 is 33.2 Å². The molecule has 1 amide bonds. The minimum absolute atomic E-state index is 0.0968. The highest BCUT2D eigenvalue weighted by Gasteiger charge is 2.44. The Balaban J connectivity index is 2.00. The molecule has 1 heterocycles. The van der Waals surface area contributed by atoms with Crippen molar-refractivity contribution < 1.29 is 32.5 Å². The van der Waals surface area contributed by atoms with Gasteiger partial charge in [-0.3, -0.25) is 9.63 Å². The lowest BCUT2D eigenvalue weighted by molar-refractivity contribution is -0.140. The predicted molar refractivity (Wildman–Crippen MR) is 128 cm³/mol. The Morgan fingerprint density at radius 2 is 1.94 bits per heavy atom. The summed E-state index contributed by atoms with van der Waals surface area (Å²) >= 11 is 0. The number of carbonyl (C=O) groups excluding carboxylic acids is 1. The molecule has 2 atom stereocenters. The van der Waals surface area contributed by atoms with Crippen LogP contribution in [0, 0.1) is 0 Å². The zero-order chi connectivity index (χ0) is 24.9.